The molecule has 33 heavy (non-hydrogen) atoms. The largest absolute Gasteiger partial charge is 0.478 e. The zero-order chi connectivity index (χ0) is 26.5. The Bertz CT molecular complexity index is 653. The Hall–Kier alpha value is -3.74. The van der Waals surface area contributed by atoms with Crippen LogP contribution in [0.5, 0.6) is 0 Å². The zero-order valence-corrected chi connectivity index (χ0v) is 19.9. The third-order valence-electron chi connectivity index (χ3n) is 3.58. The van der Waals surface area contributed by atoms with Gasteiger partial charge < -0.3 is 20.4 Å². The van der Waals surface area contributed by atoms with Crippen molar-refractivity contribution in [2.45, 2.75) is 39.5 Å². The normalized spacial score (nSPS) is 8.91. The number of hydrogen-bond donors (Lipinski definition) is 2. The minimum Gasteiger partial charge on any atom is -0.478 e. The fourth-order valence-corrected chi connectivity index (χ4v) is 1.75. The minimum atomic E-state index is -0.981. The van der Waals surface area contributed by atoms with E-state index in [9.17, 15) is 14.4 Å². The number of rotatable bonds is 10. The number of ether oxygens (including phenoxy) is 1. The number of aliphatic carboxylic acids is 1. The van der Waals surface area contributed by atoms with Crippen LogP contribution in [0.25, 0.3) is 6.08 Å². The van der Waals surface area contributed by atoms with Gasteiger partial charge in [-0.15, -0.1) is 0 Å². The number of carboxylic acid groups (broad SMARTS) is 1. The summed E-state index contributed by atoms with van der Waals surface area (Å²) in [6.07, 6.45) is 9.57. The molecule has 1 aromatic rings. The number of unbranched alkanes of at least 4 members (excludes halogenated alkanes) is 1. The van der Waals surface area contributed by atoms with Crippen LogP contribution in [0.4, 0.5) is 0 Å². The maximum Gasteiger partial charge on any atom is 0.330 e. The lowest BCUT2D eigenvalue weighted by Gasteiger charge is -2.13. The van der Waals surface area contributed by atoms with Gasteiger partial charge in [-0.2, -0.15) is 0 Å². The van der Waals surface area contributed by atoms with E-state index in [2.05, 4.69) is 45.9 Å². The predicted octanol–water partition coefficient (Wildman–Crippen LogP) is 4.99. The van der Waals surface area contributed by atoms with Gasteiger partial charge in [-0.3, -0.25) is 4.79 Å². The second-order valence-electron chi connectivity index (χ2n) is 6.01. The summed E-state index contributed by atoms with van der Waals surface area (Å²) in [5.74, 6) is -1.26. The molecule has 0 fully saturated rings. The lowest BCUT2D eigenvalue weighted by molar-refractivity contribution is -0.139. The summed E-state index contributed by atoms with van der Waals surface area (Å²) in [5, 5.41) is 7.60. The van der Waals surface area contributed by atoms with Crippen LogP contribution < -0.4 is 5.73 Å². The molecule has 7 heteroatoms. The van der Waals surface area contributed by atoms with Crippen molar-refractivity contribution in [1.82, 2.24) is 0 Å². The first kappa shape index (κ1) is 36.6. The molecule has 3 N–H and O–H groups in total. The molecule has 184 valence electrons. The van der Waals surface area contributed by atoms with Crippen molar-refractivity contribution in [3.63, 3.8) is 0 Å². The van der Waals surface area contributed by atoms with E-state index in [1.807, 2.05) is 43.2 Å². The summed E-state index contributed by atoms with van der Waals surface area (Å²) in [7, 11) is 0. The second-order valence-corrected chi connectivity index (χ2v) is 6.01. The molecular weight excluding hydrogens is 422 g/mol. The molecule has 1 aromatic carbocycles. The standard InChI is InChI=1S/C11H20O2.C8H8.C3H5NO.C3H4O2.CH2O/c1-4-7-8-10(5-2)9-13-11(12)6-3;1-2-8-6-4-3-5-7-8;2*1-2-3(4)5;1-2/h6,10H,3-5,7-9H2,1-2H3;2-7H,1H2;2H,1H2,(H2,4,5);2H,1H2,(H,4,5);1H2. The van der Waals surface area contributed by atoms with Crippen LogP contribution in [0.15, 0.2) is 74.9 Å². The number of hydrogen-bond acceptors (Lipinski definition) is 5. The van der Waals surface area contributed by atoms with Crippen molar-refractivity contribution < 1.29 is 29.0 Å². The molecule has 0 saturated carbocycles. The topological polar surface area (TPSA) is 124 Å². The van der Waals surface area contributed by atoms with Crippen LogP contribution in [-0.2, 0) is 23.9 Å². The van der Waals surface area contributed by atoms with E-state index in [1.165, 1.54) is 24.5 Å². The van der Waals surface area contributed by atoms with Gasteiger partial charge >= 0.3 is 11.9 Å². The molecule has 0 aliphatic rings. The fraction of sp³-hybridized carbons (Fsp3) is 0.308. The first-order valence-corrected chi connectivity index (χ1v) is 10.2. The van der Waals surface area contributed by atoms with Crippen molar-refractivity contribution in [2.75, 3.05) is 6.61 Å². The number of benzene rings is 1. The van der Waals surface area contributed by atoms with Crippen LogP contribution in [-0.4, -0.2) is 36.3 Å². The summed E-state index contributed by atoms with van der Waals surface area (Å²) >= 11 is 0. The van der Waals surface area contributed by atoms with Gasteiger partial charge in [0, 0.05) is 12.2 Å². The third kappa shape index (κ3) is 36.0. The number of carboxylic acids is 1. The first-order valence-electron chi connectivity index (χ1n) is 10.2. The van der Waals surface area contributed by atoms with E-state index in [4.69, 9.17) is 14.6 Å². The molecule has 0 radical (unpaired) electrons. The van der Waals surface area contributed by atoms with Gasteiger partial charge in [0.1, 0.15) is 6.79 Å². The fourth-order valence-electron chi connectivity index (χ4n) is 1.75. The van der Waals surface area contributed by atoms with Crippen molar-refractivity contribution in [1.29, 1.82) is 0 Å². The van der Waals surface area contributed by atoms with Crippen LogP contribution >= 0.6 is 0 Å². The van der Waals surface area contributed by atoms with Gasteiger partial charge in [0.15, 0.2) is 0 Å². The number of esters is 1. The number of amides is 1. The SMILES string of the molecule is C=CC(=O)O.C=CC(=O)OCC(CC)CCCC.C=CC(N)=O.C=Cc1ccccc1.C=O. The lowest BCUT2D eigenvalue weighted by atomic mass is 10.0. The molecule has 1 amide bonds. The third-order valence-corrected chi connectivity index (χ3v) is 3.58. The van der Waals surface area contributed by atoms with Crippen LogP contribution in [0.1, 0.15) is 45.1 Å². The quantitative estimate of drug-likeness (QED) is 0.374. The Morgan fingerprint density at radius 1 is 1.00 bits per heavy atom. The van der Waals surface area contributed by atoms with Crippen LogP contribution in [0.3, 0.4) is 0 Å². The van der Waals surface area contributed by atoms with Gasteiger partial charge in [0.2, 0.25) is 5.91 Å². The zero-order valence-electron chi connectivity index (χ0n) is 19.9. The van der Waals surface area contributed by atoms with Gasteiger partial charge in [-0.05, 0) is 24.0 Å². The average Bonchev–Trinajstić information content (AvgIpc) is 2.86. The molecular formula is C26H39NO6. The molecule has 1 atom stereocenters. The van der Waals surface area contributed by atoms with Gasteiger partial charge in [0.25, 0.3) is 0 Å². The first-order chi connectivity index (χ1) is 15.7. The Labute approximate surface area is 198 Å². The minimum absolute atomic E-state index is 0.310. The Balaban J connectivity index is -0.000000180. The monoisotopic (exact) mass is 461 g/mol. The number of carbonyl (C=O) groups is 4. The molecule has 0 saturated heterocycles. The van der Waals surface area contributed by atoms with Gasteiger partial charge in [-0.1, -0.05) is 95.8 Å². The summed E-state index contributed by atoms with van der Waals surface area (Å²) in [5.41, 5.74) is 5.71. The van der Waals surface area contributed by atoms with E-state index in [-0.39, 0.29) is 5.97 Å². The van der Waals surface area contributed by atoms with E-state index in [0.29, 0.717) is 12.5 Å². The van der Waals surface area contributed by atoms with Crippen LogP contribution in [0.2, 0.25) is 0 Å². The average molecular weight is 462 g/mol. The Kier molecular flexibility index (Phi) is 33.8. The molecule has 0 heterocycles. The second kappa shape index (κ2) is 30.5. The maximum absolute atomic E-state index is 10.8. The Morgan fingerprint density at radius 3 is 1.76 bits per heavy atom. The predicted molar refractivity (Wildman–Crippen MR) is 135 cm³/mol. The summed E-state index contributed by atoms with van der Waals surface area (Å²) < 4.78 is 4.98. The molecule has 0 aliphatic heterocycles. The molecule has 1 rings (SSSR count). The Morgan fingerprint density at radius 2 is 1.48 bits per heavy atom. The van der Waals surface area contributed by atoms with Gasteiger partial charge in [0.05, 0.1) is 6.61 Å². The molecule has 0 aliphatic carbocycles. The highest BCUT2D eigenvalue weighted by atomic mass is 16.5. The molecule has 0 aromatic heterocycles. The van der Waals surface area contributed by atoms with Crippen molar-refractivity contribution in [2.24, 2.45) is 11.7 Å². The smallest absolute Gasteiger partial charge is 0.330 e. The molecule has 0 bridgehead atoms. The molecule has 0 spiro atoms. The van der Waals surface area contributed by atoms with E-state index in [1.54, 1.807) is 0 Å². The van der Waals surface area contributed by atoms with Gasteiger partial charge in [-0.25, -0.2) is 9.59 Å². The summed E-state index contributed by atoms with van der Waals surface area (Å²) in [6.45, 7) is 19.9. The number of primary amides is 1. The van der Waals surface area contributed by atoms with Crippen molar-refractivity contribution in [3.05, 3.63) is 80.4 Å². The van der Waals surface area contributed by atoms with Crippen LogP contribution in [0, 0.1) is 5.92 Å². The van der Waals surface area contributed by atoms with Crippen molar-refractivity contribution in [3.8, 4) is 0 Å². The lowest BCUT2D eigenvalue weighted by Crippen LogP contribution is -2.12. The molecule has 7 nitrogen and oxygen atoms in total. The van der Waals surface area contributed by atoms with E-state index in [0.717, 1.165) is 25.0 Å². The number of nitrogens with two attached hydrogens (primary N) is 1. The highest BCUT2D eigenvalue weighted by Gasteiger charge is 2.07. The van der Waals surface area contributed by atoms with E-state index >= 15 is 0 Å². The maximum atomic E-state index is 10.8. The molecule has 1 unspecified atom stereocenters. The number of carbonyl (C=O) groups excluding carboxylic acids is 3. The summed E-state index contributed by atoms with van der Waals surface area (Å²) in [6, 6.07) is 10.0. The summed E-state index contributed by atoms with van der Waals surface area (Å²) in [4.78, 5) is 37.5. The highest BCUT2D eigenvalue weighted by molar-refractivity contribution is 5.85. The van der Waals surface area contributed by atoms with E-state index < -0.39 is 11.9 Å². The highest BCUT2D eigenvalue weighted by Crippen LogP contribution is 2.12. The van der Waals surface area contributed by atoms with Crippen molar-refractivity contribution >= 4 is 30.7 Å².